The number of hydrogen-bond acceptors (Lipinski definition) is 4. The van der Waals surface area contributed by atoms with Crippen molar-refractivity contribution in [3.05, 3.63) is 59.5 Å². The number of nitrogens with zero attached hydrogens (tertiary/aromatic N) is 2. The Morgan fingerprint density at radius 1 is 1.00 bits per heavy atom. The van der Waals surface area contributed by atoms with Crippen LogP contribution < -0.4 is 4.90 Å². The Morgan fingerprint density at radius 2 is 1.68 bits per heavy atom. The number of carbonyl (C=O) groups excluding carboxylic acids is 2. The van der Waals surface area contributed by atoms with Gasteiger partial charge in [0.05, 0.1) is 16.8 Å². The first kappa shape index (κ1) is 12.8. The Kier molecular flexibility index (Phi) is 2.63. The second-order valence-electron chi connectivity index (χ2n) is 5.08. The van der Waals surface area contributed by atoms with Crippen LogP contribution in [0.1, 0.15) is 33.5 Å². The lowest BCUT2D eigenvalue weighted by Crippen LogP contribution is -2.29. The first-order valence-corrected chi connectivity index (χ1v) is 7.07. The highest BCUT2D eigenvalue weighted by Gasteiger charge is 2.37. The molecular weight excluding hydrogens is 280 g/mol. The molecule has 0 fully saturated rings. The molecule has 0 atom stereocenters. The summed E-state index contributed by atoms with van der Waals surface area (Å²) in [4.78, 5) is 30.7. The van der Waals surface area contributed by atoms with E-state index in [1.807, 2.05) is 6.92 Å². The van der Waals surface area contributed by atoms with Crippen LogP contribution in [0.2, 0.25) is 0 Å². The molecule has 0 bridgehead atoms. The van der Waals surface area contributed by atoms with Gasteiger partial charge in [-0.1, -0.05) is 25.1 Å². The number of imide groups is 1. The van der Waals surface area contributed by atoms with Crippen molar-refractivity contribution < 1.29 is 14.0 Å². The molecule has 0 unspecified atom stereocenters. The molecule has 3 aromatic rings. The number of aromatic nitrogens is 1. The van der Waals surface area contributed by atoms with Crippen LogP contribution in [0.5, 0.6) is 0 Å². The summed E-state index contributed by atoms with van der Waals surface area (Å²) >= 11 is 0. The van der Waals surface area contributed by atoms with E-state index in [0.29, 0.717) is 40.2 Å². The Bertz CT molecular complexity index is 892. The van der Waals surface area contributed by atoms with Gasteiger partial charge in [-0.05, 0) is 24.3 Å². The first-order valence-electron chi connectivity index (χ1n) is 7.07. The standard InChI is InChI=1S/C17H12N2O3/c1-2-14-18-15-12(8-5-9-13(15)22-14)19-16(20)10-6-3-4-7-11(10)17(19)21/h3-9H,2H2,1H3. The molecule has 5 nitrogen and oxygen atoms in total. The molecule has 0 saturated carbocycles. The molecule has 108 valence electrons. The van der Waals surface area contributed by atoms with Gasteiger partial charge in [0, 0.05) is 6.42 Å². The zero-order valence-corrected chi connectivity index (χ0v) is 11.9. The molecule has 0 saturated heterocycles. The molecule has 2 heterocycles. The summed E-state index contributed by atoms with van der Waals surface area (Å²) in [6.07, 6.45) is 0.649. The largest absolute Gasteiger partial charge is 0.441 e. The van der Waals surface area contributed by atoms with Crippen LogP contribution >= 0.6 is 0 Å². The zero-order chi connectivity index (χ0) is 15.3. The zero-order valence-electron chi connectivity index (χ0n) is 11.9. The average Bonchev–Trinajstić information content (AvgIpc) is 3.08. The quantitative estimate of drug-likeness (QED) is 0.680. The summed E-state index contributed by atoms with van der Waals surface area (Å²) in [6.45, 7) is 1.94. The molecule has 1 aromatic heterocycles. The number of para-hydroxylation sites is 1. The Morgan fingerprint density at radius 3 is 2.32 bits per heavy atom. The topological polar surface area (TPSA) is 63.4 Å². The van der Waals surface area contributed by atoms with Crippen LogP contribution in [0.4, 0.5) is 5.69 Å². The Hall–Kier alpha value is -2.95. The number of rotatable bonds is 2. The van der Waals surface area contributed by atoms with Crippen molar-refractivity contribution in [1.29, 1.82) is 0 Å². The molecule has 5 heteroatoms. The van der Waals surface area contributed by atoms with Crippen LogP contribution in [0, 0.1) is 0 Å². The van der Waals surface area contributed by atoms with E-state index in [2.05, 4.69) is 4.98 Å². The van der Waals surface area contributed by atoms with Gasteiger partial charge in [-0.3, -0.25) is 9.59 Å². The first-order chi connectivity index (χ1) is 10.7. The molecule has 1 aliphatic rings. The lowest BCUT2D eigenvalue weighted by atomic mass is 10.1. The van der Waals surface area contributed by atoms with Crippen molar-refractivity contribution in [2.45, 2.75) is 13.3 Å². The second kappa shape index (κ2) is 4.53. The third-order valence-electron chi connectivity index (χ3n) is 3.78. The molecule has 0 radical (unpaired) electrons. The van der Waals surface area contributed by atoms with E-state index in [1.165, 1.54) is 4.90 Å². The van der Waals surface area contributed by atoms with Crippen LogP contribution in [0.25, 0.3) is 11.1 Å². The molecule has 1 aliphatic heterocycles. The van der Waals surface area contributed by atoms with Gasteiger partial charge < -0.3 is 4.42 Å². The van der Waals surface area contributed by atoms with Crippen molar-refractivity contribution in [2.24, 2.45) is 0 Å². The third kappa shape index (κ3) is 1.62. The van der Waals surface area contributed by atoms with E-state index in [-0.39, 0.29) is 11.8 Å². The Labute approximate surface area is 126 Å². The van der Waals surface area contributed by atoms with E-state index in [4.69, 9.17) is 4.42 Å². The summed E-state index contributed by atoms with van der Waals surface area (Å²) < 4.78 is 5.60. The van der Waals surface area contributed by atoms with Crippen molar-refractivity contribution >= 4 is 28.6 Å². The maximum Gasteiger partial charge on any atom is 0.266 e. The number of benzene rings is 2. The molecule has 0 N–H and O–H groups in total. The normalized spacial score (nSPS) is 14.0. The van der Waals surface area contributed by atoms with Gasteiger partial charge >= 0.3 is 0 Å². The van der Waals surface area contributed by atoms with E-state index in [0.717, 1.165) is 0 Å². The maximum absolute atomic E-state index is 12.6. The minimum absolute atomic E-state index is 0.325. The van der Waals surface area contributed by atoms with Gasteiger partial charge in [0.2, 0.25) is 0 Å². The van der Waals surface area contributed by atoms with Crippen LogP contribution in [0.15, 0.2) is 46.9 Å². The summed E-state index contributed by atoms with van der Waals surface area (Å²) in [5.74, 6) is -0.0673. The van der Waals surface area contributed by atoms with Crippen molar-refractivity contribution in [1.82, 2.24) is 4.98 Å². The van der Waals surface area contributed by atoms with Gasteiger partial charge in [-0.25, -0.2) is 9.88 Å². The monoisotopic (exact) mass is 292 g/mol. The van der Waals surface area contributed by atoms with E-state index in [9.17, 15) is 9.59 Å². The molecule has 22 heavy (non-hydrogen) atoms. The van der Waals surface area contributed by atoms with Gasteiger partial charge in [0.15, 0.2) is 11.5 Å². The summed E-state index contributed by atoms with van der Waals surface area (Å²) in [6, 6.07) is 12.1. The predicted molar refractivity (Wildman–Crippen MR) is 81.0 cm³/mol. The number of hydrogen-bond donors (Lipinski definition) is 0. The smallest absolute Gasteiger partial charge is 0.266 e. The van der Waals surface area contributed by atoms with Crippen LogP contribution in [-0.2, 0) is 6.42 Å². The number of amides is 2. The Balaban J connectivity index is 1.92. The number of carbonyl (C=O) groups is 2. The fourth-order valence-electron chi connectivity index (χ4n) is 2.72. The SMILES string of the molecule is CCc1nc2c(N3C(=O)c4ccccc4C3=O)cccc2o1. The van der Waals surface area contributed by atoms with E-state index < -0.39 is 0 Å². The van der Waals surface area contributed by atoms with Crippen LogP contribution in [0.3, 0.4) is 0 Å². The molecule has 2 amide bonds. The lowest BCUT2D eigenvalue weighted by molar-refractivity contribution is 0.0926. The molecule has 0 spiro atoms. The van der Waals surface area contributed by atoms with Crippen molar-refractivity contribution in [3.63, 3.8) is 0 Å². The number of oxazole rings is 1. The minimum atomic E-state index is -0.325. The third-order valence-corrected chi connectivity index (χ3v) is 3.78. The van der Waals surface area contributed by atoms with E-state index in [1.54, 1.807) is 42.5 Å². The van der Waals surface area contributed by atoms with Gasteiger partial charge in [0.1, 0.15) is 5.52 Å². The molecule has 4 rings (SSSR count). The fraction of sp³-hybridized carbons (Fsp3) is 0.118. The second-order valence-corrected chi connectivity index (χ2v) is 5.08. The fourth-order valence-corrected chi connectivity index (χ4v) is 2.72. The highest BCUT2D eigenvalue weighted by atomic mass is 16.3. The minimum Gasteiger partial charge on any atom is -0.441 e. The van der Waals surface area contributed by atoms with Gasteiger partial charge in [0.25, 0.3) is 11.8 Å². The molecule has 2 aromatic carbocycles. The highest BCUT2D eigenvalue weighted by molar-refractivity contribution is 6.35. The molecular formula is C17H12N2O3. The van der Waals surface area contributed by atoms with Gasteiger partial charge in [-0.2, -0.15) is 0 Å². The summed E-state index contributed by atoms with van der Waals surface area (Å²) in [5.41, 5.74) is 2.42. The van der Waals surface area contributed by atoms with Gasteiger partial charge in [-0.15, -0.1) is 0 Å². The predicted octanol–water partition coefficient (Wildman–Crippen LogP) is 3.19. The lowest BCUT2D eigenvalue weighted by Gasteiger charge is -2.13. The number of fused-ring (bicyclic) bond motifs is 2. The van der Waals surface area contributed by atoms with Crippen molar-refractivity contribution in [3.8, 4) is 0 Å². The number of anilines is 1. The average molecular weight is 292 g/mol. The van der Waals surface area contributed by atoms with Crippen LogP contribution in [-0.4, -0.2) is 16.8 Å². The van der Waals surface area contributed by atoms with E-state index >= 15 is 0 Å². The molecule has 0 aliphatic carbocycles. The summed E-state index contributed by atoms with van der Waals surface area (Å²) in [7, 11) is 0. The summed E-state index contributed by atoms with van der Waals surface area (Å²) in [5, 5.41) is 0. The highest BCUT2D eigenvalue weighted by Crippen LogP contribution is 2.33. The van der Waals surface area contributed by atoms with Crippen molar-refractivity contribution in [2.75, 3.05) is 4.90 Å². The maximum atomic E-state index is 12.6. The number of aryl methyl sites for hydroxylation is 1.